The molecule has 3 nitrogen and oxygen atoms in total. The number of unbranched alkanes of at least 4 members (excludes halogenated alkanes) is 3. The van der Waals surface area contributed by atoms with E-state index in [1.165, 1.54) is 6.07 Å². The Balaban J connectivity index is 1.95. The van der Waals surface area contributed by atoms with E-state index in [9.17, 15) is 23.1 Å². The minimum Gasteiger partial charge on any atom is -0.508 e. The number of hydrogen-bond acceptors (Lipinski definition) is 3. The van der Waals surface area contributed by atoms with Crippen molar-refractivity contribution < 1.29 is 27.8 Å². The van der Waals surface area contributed by atoms with E-state index in [2.05, 4.69) is 0 Å². The van der Waals surface area contributed by atoms with Gasteiger partial charge in [-0.1, -0.05) is 32.3 Å². The summed E-state index contributed by atoms with van der Waals surface area (Å²) in [6.45, 7) is 1.99. The highest BCUT2D eigenvalue weighted by molar-refractivity contribution is 5.73. The number of ether oxygens (including phenoxy) is 1. The van der Waals surface area contributed by atoms with Crippen LogP contribution in [0.25, 0.3) is 0 Å². The average molecular weight is 358 g/mol. The first-order valence-corrected chi connectivity index (χ1v) is 8.89. The van der Waals surface area contributed by atoms with Crippen molar-refractivity contribution in [3.8, 4) is 5.75 Å². The number of fused-ring (bicyclic) bond motifs is 1. The van der Waals surface area contributed by atoms with Gasteiger partial charge in [-0.2, -0.15) is 13.2 Å². The number of alkyl halides is 3. The molecule has 0 bridgehead atoms. The molecular weight excluding hydrogens is 333 g/mol. The van der Waals surface area contributed by atoms with Crippen LogP contribution in [0.3, 0.4) is 0 Å². The number of hydrogen-bond donors (Lipinski definition) is 1. The Kier molecular flexibility index (Phi) is 6.73. The predicted molar refractivity (Wildman–Crippen MR) is 88.3 cm³/mol. The van der Waals surface area contributed by atoms with E-state index in [0.717, 1.165) is 24.0 Å². The van der Waals surface area contributed by atoms with Crippen molar-refractivity contribution >= 4 is 5.97 Å². The Morgan fingerprint density at radius 1 is 1.28 bits per heavy atom. The molecule has 1 aromatic carbocycles. The first-order chi connectivity index (χ1) is 11.8. The van der Waals surface area contributed by atoms with Gasteiger partial charge in [0.05, 0.1) is 5.92 Å². The number of carbonyl (C=O) groups is 1. The Bertz CT molecular complexity index is 584. The fourth-order valence-electron chi connectivity index (χ4n) is 3.22. The monoisotopic (exact) mass is 358 g/mol. The molecule has 25 heavy (non-hydrogen) atoms. The Morgan fingerprint density at radius 2 is 2.04 bits per heavy atom. The molecule has 0 heterocycles. The molecule has 1 aromatic rings. The number of esters is 1. The lowest BCUT2D eigenvalue weighted by atomic mass is 9.84. The van der Waals surface area contributed by atoms with Crippen LogP contribution in [-0.4, -0.2) is 23.4 Å². The molecule has 2 unspecified atom stereocenters. The van der Waals surface area contributed by atoms with Crippen molar-refractivity contribution in [2.24, 2.45) is 5.92 Å². The van der Waals surface area contributed by atoms with E-state index in [1.807, 2.05) is 6.92 Å². The first-order valence-electron chi connectivity index (χ1n) is 8.89. The normalized spacial score (nSPS) is 18.5. The third-order valence-electron chi connectivity index (χ3n) is 4.69. The van der Waals surface area contributed by atoms with Crippen LogP contribution in [-0.2, 0) is 22.4 Å². The Labute approximate surface area is 146 Å². The molecule has 0 aliphatic heterocycles. The number of phenols is 1. The maximum absolute atomic E-state index is 13.1. The SMILES string of the molecule is CCCCCCC(OC(=O)C1CCc2cc(O)ccc2C1)C(F)(F)F. The largest absolute Gasteiger partial charge is 0.508 e. The molecule has 1 aliphatic carbocycles. The highest BCUT2D eigenvalue weighted by Crippen LogP contribution is 2.32. The van der Waals surface area contributed by atoms with Crippen molar-refractivity contribution in [1.29, 1.82) is 0 Å². The second-order valence-corrected chi connectivity index (χ2v) is 6.71. The van der Waals surface area contributed by atoms with E-state index in [4.69, 9.17) is 4.74 Å². The van der Waals surface area contributed by atoms with Crippen LogP contribution >= 0.6 is 0 Å². The summed E-state index contributed by atoms with van der Waals surface area (Å²) in [5.74, 6) is -1.17. The lowest BCUT2D eigenvalue weighted by molar-refractivity contribution is -0.225. The van der Waals surface area contributed by atoms with E-state index in [1.54, 1.807) is 12.1 Å². The quantitative estimate of drug-likeness (QED) is 0.555. The molecule has 1 N–H and O–H groups in total. The third kappa shape index (κ3) is 5.65. The molecule has 0 spiro atoms. The molecule has 0 amide bonds. The number of aromatic hydroxyl groups is 1. The van der Waals surface area contributed by atoms with Gasteiger partial charge in [0.1, 0.15) is 5.75 Å². The van der Waals surface area contributed by atoms with Gasteiger partial charge < -0.3 is 9.84 Å². The standard InChI is InChI=1S/C19H25F3O3/c1-2-3-4-5-6-17(19(20,21)22)25-18(24)15-8-7-14-12-16(23)10-9-13(14)11-15/h9-10,12,15,17,23H,2-8,11H2,1H3. The molecule has 2 atom stereocenters. The van der Waals surface area contributed by atoms with Crippen molar-refractivity contribution in [1.82, 2.24) is 0 Å². The fourth-order valence-corrected chi connectivity index (χ4v) is 3.22. The number of carbonyl (C=O) groups excluding carboxylic acids is 1. The third-order valence-corrected chi connectivity index (χ3v) is 4.69. The zero-order valence-corrected chi connectivity index (χ0v) is 14.4. The van der Waals surface area contributed by atoms with E-state index in [-0.39, 0.29) is 12.2 Å². The molecular formula is C19H25F3O3. The van der Waals surface area contributed by atoms with Gasteiger partial charge in [-0.05, 0) is 55.4 Å². The van der Waals surface area contributed by atoms with Crippen LogP contribution in [0.2, 0.25) is 0 Å². The van der Waals surface area contributed by atoms with Crippen molar-refractivity contribution in [3.05, 3.63) is 29.3 Å². The summed E-state index contributed by atoms with van der Waals surface area (Å²) >= 11 is 0. The van der Waals surface area contributed by atoms with Crippen LogP contribution < -0.4 is 0 Å². The summed E-state index contributed by atoms with van der Waals surface area (Å²) in [6, 6.07) is 4.89. The Hall–Kier alpha value is -1.72. The number of aryl methyl sites for hydroxylation is 1. The van der Waals surface area contributed by atoms with Gasteiger partial charge in [-0.25, -0.2) is 0 Å². The van der Waals surface area contributed by atoms with Crippen LogP contribution in [0.15, 0.2) is 18.2 Å². The number of phenolic OH excluding ortho intramolecular Hbond substituents is 1. The zero-order valence-electron chi connectivity index (χ0n) is 14.4. The molecule has 6 heteroatoms. The predicted octanol–water partition coefficient (Wildman–Crippen LogP) is 4.94. The molecule has 0 radical (unpaired) electrons. The molecule has 0 saturated heterocycles. The number of benzene rings is 1. The molecule has 140 valence electrons. The van der Waals surface area contributed by atoms with Crippen molar-refractivity contribution in [3.63, 3.8) is 0 Å². The van der Waals surface area contributed by atoms with Gasteiger partial charge in [-0.15, -0.1) is 0 Å². The molecule has 1 aliphatic rings. The maximum atomic E-state index is 13.1. The van der Waals surface area contributed by atoms with Crippen LogP contribution in [0.5, 0.6) is 5.75 Å². The van der Waals surface area contributed by atoms with Gasteiger partial charge >= 0.3 is 12.1 Å². The topological polar surface area (TPSA) is 46.5 Å². The smallest absolute Gasteiger partial charge is 0.425 e. The van der Waals surface area contributed by atoms with Crippen molar-refractivity contribution in [2.45, 2.75) is 70.6 Å². The van der Waals surface area contributed by atoms with Crippen LogP contribution in [0.4, 0.5) is 13.2 Å². The summed E-state index contributed by atoms with van der Waals surface area (Å²) in [5.41, 5.74) is 1.83. The summed E-state index contributed by atoms with van der Waals surface area (Å²) in [6.07, 6.45) is -2.44. The zero-order chi connectivity index (χ0) is 18.4. The number of rotatable bonds is 7. The molecule has 0 saturated carbocycles. The van der Waals surface area contributed by atoms with Gasteiger partial charge in [0.2, 0.25) is 0 Å². The van der Waals surface area contributed by atoms with Gasteiger partial charge in [0, 0.05) is 0 Å². The van der Waals surface area contributed by atoms with Crippen molar-refractivity contribution in [2.75, 3.05) is 0 Å². The second-order valence-electron chi connectivity index (χ2n) is 6.71. The van der Waals surface area contributed by atoms with E-state index >= 15 is 0 Å². The van der Waals surface area contributed by atoms with E-state index < -0.39 is 24.2 Å². The molecule has 0 fully saturated rings. The first kappa shape index (κ1) is 19.6. The lowest BCUT2D eigenvalue weighted by Gasteiger charge is -2.27. The minimum absolute atomic E-state index is 0.156. The summed E-state index contributed by atoms with van der Waals surface area (Å²) in [4.78, 5) is 12.2. The second kappa shape index (κ2) is 8.59. The number of halogens is 3. The minimum atomic E-state index is -4.53. The molecule has 0 aromatic heterocycles. The average Bonchev–Trinajstić information content (AvgIpc) is 2.56. The summed E-state index contributed by atoms with van der Waals surface area (Å²) in [5, 5.41) is 9.48. The highest BCUT2D eigenvalue weighted by Gasteiger charge is 2.43. The fraction of sp³-hybridized carbons (Fsp3) is 0.632. The van der Waals surface area contributed by atoms with Gasteiger partial charge in [0.25, 0.3) is 0 Å². The van der Waals surface area contributed by atoms with Gasteiger partial charge in [0.15, 0.2) is 6.10 Å². The summed E-state index contributed by atoms with van der Waals surface area (Å²) < 4.78 is 44.3. The van der Waals surface area contributed by atoms with E-state index in [0.29, 0.717) is 32.1 Å². The van der Waals surface area contributed by atoms with Crippen LogP contribution in [0, 0.1) is 5.92 Å². The maximum Gasteiger partial charge on any atom is 0.425 e. The van der Waals surface area contributed by atoms with Crippen LogP contribution in [0.1, 0.15) is 56.6 Å². The lowest BCUT2D eigenvalue weighted by Crippen LogP contribution is -2.37. The Morgan fingerprint density at radius 3 is 2.72 bits per heavy atom. The molecule has 2 rings (SSSR count). The highest BCUT2D eigenvalue weighted by atomic mass is 19.4. The summed E-state index contributed by atoms with van der Waals surface area (Å²) in [7, 11) is 0. The van der Waals surface area contributed by atoms with Gasteiger partial charge in [-0.3, -0.25) is 4.79 Å².